The van der Waals surface area contributed by atoms with Gasteiger partial charge in [0, 0.05) is 12.7 Å². The van der Waals surface area contributed by atoms with Crippen LogP contribution in [-0.2, 0) is 11.2 Å². The number of benzene rings is 1. The van der Waals surface area contributed by atoms with Crippen molar-refractivity contribution in [2.24, 2.45) is 0 Å². The summed E-state index contributed by atoms with van der Waals surface area (Å²) >= 11 is 0. The molecule has 104 valence electrons. The summed E-state index contributed by atoms with van der Waals surface area (Å²) in [5.41, 5.74) is 1.91. The second kappa shape index (κ2) is 5.11. The molecule has 6 heteroatoms. The van der Waals surface area contributed by atoms with Gasteiger partial charge in [-0.05, 0) is 24.5 Å². The predicted octanol–water partition coefficient (Wildman–Crippen LogP) is 2.43. The van der Waals surface area contributed by atoms with Gasteiger partial charge in [0.2, 0.25) is 5.91 Å². The zero-order chi connectivity index (χ0) is 14.0. The Balaban J connectivity index is 2.03. The number of aryl methyl sites for hydroxylation is 1. The molecule has 0 radical (unpaired) electrons. The van der Waals surface area contributed by atoms with Gasteiger partial charge in [-0.2, -0.15) is 13.2 Å². The molecule has 2 rings (SSSR count). The first-order valence-electron chi connectivity index (χ1n) is 6.03. The van der Waals surface area contributed by atoms with E-state index in [4.69, 9.17) is 0 Å². The molecule has 0 bridgehead atoms. The highest BCUT2D eigenvalue weighted by atomic mass is 19.4. The number of halogens is 3. The van der Waals surface area contributed by atoms with Crippen molar-refractivity contribution in [1.29, 1.82) is 0 Å². The molecule has 1 aliphatic heterocycles. The highest BCUT2D eigenvalue weighted by Crippen LogP contribution is 2.25. The van der Waals surface area contributed by atoms with Gasteiger partial charge in [0.1, 0.15) is 12.6 Å². The highest BCUT2D eigenvalue weighted by Gasteiger charge is 2.34. The highest BCUT2D eigenvalue weighted by molar-refractivity contribution is 5.85. The first-order chi connectivity index (χ1) is 8.87. The van der Waals surface area contributed by atoms with E-state index in [1.54, 1.807) is 0 Å². The number of para-hydroxylation sites is 1. The minimum atomic E-state index is -4.36. The van der Waals surface area contributed by atoms with E-state index in [1.165, 1.54) is 7.05 Å². The van der Waals surface area contributed by atoms with Crippen LogP contribution in [0.5, 0.6) is 0 Å². The molecule has 3 nitrogen and oxygen atoms in total. The molecule has 1 aliphatic rings. The summed E-state index contributed by atoms with van der Waals surface area (Å²) in [6.07, 6.45) is -3.16. The lowest BCUT2D eigenvalue weighted by Crippen LogP contribution is -2.46. The molecule has 0 spiro atoms. The molecular weight excluding hydrogens is 257 g/mol. The first kappa shape index (κ1) is 13.7. The van der Waals surface area contributed by atoms with Crippen LogP contribution in [-0.4, -0.2) is 36.6 Å². The second-order valence-corrected chi connectivity index (χ2v) is 4.70. The zero-order valence-corrected chi connectivity index (χ0v) is 10.5. The Morgan fingerprint density at radius 2 is 2.11 bits per heavy atom. The fourth-order valence-corrected chi connectivity index (χ4v) is 2.24. The molecule has 1 atom stereocenters. The Morgan fingerprint density at radius 1 is 1.42 bits per heavy atom. The predicted molar refractivity (Wildman–Crippen MR) is 65.9 cm³/mol. The van der Waals surface area contributed by atoms with E-state index in [1.807, 2.05) is 24.3 Å². The summed E-state index contributed by atoms with van der Waals surface area (Å²) in [4.78, 5) is 12.7. The molecule has 0 saturated carbocycles. The van der Waals surface area contributed by atoms with Crippen molar-refractivity contribution in [2.45, 2.75) is 25.1 Å². The molecule has 0 fully saturated rings. The minimum Gasteiger partial charge on any atom is -0.373 e. The topological polar surface area (TPSA) is 32.3 Å². The normalized spacial score (nSPS) is 18.4. The number of amides is 1. The standard InChI is InChI=1S/C13H15F3N2O/c1-18(8-13(14,15)16)12(19)11-7-6-9-4-2-3-5-10(9)17-11/h2-5,11,17H,6-8H2,1H3. The number of likely N-dealkylation sites (N-methyl/N-ethyl adjacent to an activating group) is 1. The van der Waals surface area contributed by atoms with Crippen LogP contribution in [0.4, 0.5) is 18.9 Å². The lowest BCUT2D eigenvalue weighted by atomic mass is 9.97. The van der Waals surface area contributed by atoms with E-state index in [9.17, 15) is 18.0 Å². The fourth-order valence-electron chi connectivity index (χ4n) is 2.24. The molecule has 1 amide bonds. The van der Waals surface area contributed by atoms with Gasteiger partial charge in [-0.15, -0.1) is 0 Å². The minimum absolute atomic E-state index is 0.512. The fraction of sp³-hybridized carbons (Fsp3) is 0.462. The third-order valence-corrected chi connectivity index (χ3v) is 3.14. The first-order valence-corrected chi connectivity index (χ1v) is 6.03. The number of rotatable bonds is 2. The van der Waals surface area contributed by atoms with Crippen LogP contribution in [0.1, 0.15) is 12.0 Å². The number of carbonyl (C=O) groups is 1. The molecule has 1 N–H and O–H groups in total. The maximum atomic E-state index is 12.3. The Hall–Kier alpha value is -1.72. The number of hydrogen-bond acceptors (Lipinski definition) is 2. The summed E-state index contributed by atoms with van der Waals surface area (Å²) < 4.78 is 36.8. The van der Waals surface area contributed by atoms with Crippen LogP contribution in [0.25, 0.3) is 0 Å². The second-order valence-electron chi connectivity index (χ2n) is 4.70. The van der Waals surface area contributed by atoms with E-state index < -0.39 is 24.7 Å². The third kappa shape index (κ3) is 3.39. The summed E-state index contributed by atoms with van der Waals surface area (Å²) in [5.74, 6) is -0.521. The van der Waals surface area contributed by atoms with Gasteiger partial charge < -0.3 is 10.2 Å². The summed E-state index contributed by atoms with van der Waals surface area (Å²) in [6, 6.07) is 6.93. The van der Waals surface area contributed by atoms with Crippen LogP contribution in [0.3, 0.4) is 0 Å². The van der Waals surface area contributed by atoms with E-state index >= 15 is 0 Å². The van der Waals surface area contributed by atoms with Gasteiger partial charge in [-0.3, -0.25) is 4.79 Å². The number of anilines is 1. The van der Waals surface area contributed by atoms with E-state index in [2.05, 4.69) is 5.32 Å². The van der Waals surface area contributed by atoms with Crippen molar-refractivity contribution in [3.63, 3.8) is 0 Å². The van der Waals surface area contributed by atoms with Gasteiger partial charge >= 0.3 is 6.18 Å². The lowest BCUT2D eigenvalue weighted by molar-refractivity contribution is -0.158. The maximum Gasteiger partial charge on any atom is 0.406 e. The summed E-state index contributed by atoms with van der Waals surface area (Å²) in [6.45, 7) is -1.22. The van der Waals surface area contributed by atoms with Crippen molar-refractivity contribution >= 4 is 11.6 Å². The molecular formula is C13H15F3N2O. The molecule has 0 aliphatic carbocycles. The van der Waals surface area contributed by atoms with Crippen LogP contribution in [0, 0.1) is 0 Å². The average Bonchev–Trinajstić information content (AvgIpc) is 2.35. The average molecular weight is 272 g/mol. The van der Waals surface area contributed by atoms with Gasteiger partial charge in [0.15, 0.2) is 0 Å². The van der Waals surface area contributed by atoms with E-state index in [-0.39, 0.29) is 0 Å². The molecule has 1 heterocycles. The Kier molecular flexibility index (Phi) is 3.68. The quantitative estimate of drug-likeness (QED) is 0.896. The number of carbonyl (C=O) groups excluding carboxylic acids is 1. The van der Waals surface area contributed by atoms with Crippen LogP contribution >= 0.6 is 0 Å². The maximum absolute atomic E-state index is 12.3. The van der Waals surface area contributed by atoms with Crippen molar-refractivity contribution < 1.29 is 18.0 Å². The van der Waals surface area contributed by atoms with Crippen molar-refractivity contribution in [2.75, 3.05) is 18.9 Å². The zero-order valence-electron chi connectivity index (χ0n) is 10.5. The number of fused-ring (bicyclic) bond motifs is 1. The molecule has 1 unspecified atom stereocenters. The monoisotopic (exact) mass is 272 g/mol. The van der Waals surface area contributed by atoms with Crippen LogP contribution in [0.2, 0.25) is 0 Å². The molecule has 1 aromatic carbocycles. The Bertz CT molecular complexity index is 473. The number of nitrogens with zero attached hydrogens (tertiary/aromatic N) is 1. The lowest BCUT2D eigenvalue weighted by Gasteiger charge is -2.30. The largest absolute Gasteiger partial charge is 0.406 e. The van der Waals surface area contributed by atoms with Crippen LogP contribution in [0.15, 0.2) is 24.3 Å². The summed E-state index contributed by atoms with van der Waals surface area (Å²) in [5, 5.41) is 3.00. The van der Waals surface area contributed by atoms with Crippen molar-refractivity contribution in [1.82, 2.24) is 4.90 Å². The molecule has 1 aromatic rings. The summed E-state index contributed by atoms with van der Waals surface area (Å²) in [7, 11) is 1.18. The third-order valence-electron chi connectivity index (χ3n) is 3.14. The van der Waals surface area contributed by atoms with Crippen LogP contribution < -0.4 is 5.32 Å². The molecule has 0 aromatic heterocycles. The van der Waals surface area contributed by atoms with Gasteiger partial charge in [0.25, 0.3) is 0 Å². The number of hydrogen-bond donors (Lipinski definition) is 1. The van der Waals surface area contributed by atoms with Crippen molar-refractivity contribution in [3.8, 4) is 0 Å². The van der Waals surface area contributed by atoms with E-state index in [0.29, 0.717) is 12.8 Å². The van der Waals surface area contributed by atoms with Crippen molar-refractivity contribution in [3.05, 3.63) is 29.8 Å². The van der Waals surface area contributed by atoms with Gasteiger partial charge in [-0.1, -0.05) is 18.2 Å². The number of nitrogens with one attached hydrogen (secondary N) is 1. The smallest absolute Gasteiger partial charge is 0.373 e. The molecule has 19 heavy (non-hydrogen) atoms. The van der Waals surface area contributed by atoms with Gasteiger partial charge in [-0.25, -0.2) is 0 Å². The number of alkyl halides is 3. The Labute approximate surface area is 109 Å². The SMILES string of the molecule is CN(CC(F)(F)F)C(=O)C1CCc2ccccc2N1. The Morgan fingerprint density at radius 3 is 2.79 bits per heavy atom. The van der Waals surface area contributed by atoms with E-state index in [0.717, 1.165) is 16.2 Å². The van der Waals surface area contributed by atoms with Gasteiger partial charge in [0.05, 0.1) is 0 Å². The molecule has 0 saturated heterocycles.